The molecule has 6 nitrogen and oxygen atoms in total. The Kier molecular flexibility index (Phi) is 6.19. The van der Waals surface area contributed by atoms with Gasteiger partial charge in [-0.15, -0.1) is 0 Å². The van der Waals surface area contributed by atoms with Crippen molar-refractivity contribution in [2.75, 3.05) is 47.5 Å². The molecular formula is C21H26N2O4. The third kappa shape index (κ3) is 4.52. The van der Waals surface area contributed by atoms with Crippen LogP contribution in [-0.2, 0) is 6.54 Å². The van der Waals surface area contributed by atoms with E-state index in [9.17, 15) is 4.79 Å². The number of methoxy groups -OCH3 is 3. The highest BCUT2D eigenvalue weighted by atomic mass is 16.5. The van der Waals surface area contributed by atoms with Crippen molar-refractivity contribution in [2.45, 2.75) is 6.54 Å². The maximum atomic E-state index is 12.9. The SMILES string of the molecule is COc1ccc(CN2CCN(C(=O)c3cc(OC)ccc3OC)CC2)cc1. The van der Waals surface area contributed by atoms with Crippen molar-refractivity contribution in [3.8, 4) is 17.2 Å². The van der Waals surface area contributed by atoms with Crippen LogP contribution in [0.4, 0.5) is 0 Å². The lowest BCUT2D eigenvalue weighted by molar-refractivity contribution is 0.0625. The second-order valence-corrected chi connectivity index (χ2v) is 6.48. The second kappa shape index (κ2) is 8.77. The van der Waals surface area contributed by atoms with Gasteiger partial charge < -0.3 is 19.1 Å². The molecule has 0 unspecified atom stereocenters. The van der Waals surface area contributed by atoms with Gasteiger partial charge >= 0.3 is 0 Å². The average molecular weight is 370 g/mol. The molecule has 0 radical (unpaired) electrons. The van der Waals surface area contributed by atoms with Gasteiger partial charge in [0.2, 0.25) is 0 Å². The van der Waals surface area contributed by atoms with E-state index in [0.717, 1.165) is 25.4 Å². The minimum absolute atomic E-state index is 0.0187. The Balaban J connectivity index is 1.60. The van der Waals surface area contributed by atoms with E-state index in [1.165, 1.54) is 5.56 Å². The Hall–Kier alpha value is -2.73. The molecule has 0 atom stereocenters. The third-order valence-corrected chi connectivity index (χ3v) is 4.86. The molecule has 1 saturated heterocycles. The number of nitrogens with zero attached hydrogens (tertiary/aromatic N) is 2. The van der Waals surface area contributed by atoms with Gasteiger partial charge in [-0.25, -0.2) is 0 Å². The standard InChI is InChI=1S/C21H26N2O4/c1-25-17-6-4-16(5-7-17)15-22-10-12-23(13-11-22)21(24)19-14-18(26-2)8-9-20(19)27-3/h4-9,14H,10-13,15H2,1-3H3. The van der Waals surface area contributed by atoms with Crippen LogP contribution in [0.15, 0.2) is 42.5 Å². The molecular weight excluding hydrogens is 344 g/mol. The van der Waals surface area contributed by atoms with Gasteiger partial charge in [-0.2, -0.15) is 0 Å². The Morgan fingerprint density at radius 1 is 0.852 bits per heavy atom. The molecule has 6 heteroatoms. The zero-order chi connectivity index (χ0) is 19.2. The first-order chi connectivity index (χ1) is 13.1. The highest BCUT2D eigenvalue weighted by Gasteiger charge is 2.24. The van der Waals surface area contributed by atoms with Crippen LogP contribution in [-0.4, -0.2) is 63.2 Å². The van der Waals surface area contributed by atoms with Crippen molar-refractivity contribution in [1.82, 2.24) is 9.80 Å². The first-order valence-corrected chi connectivity index (χ1v) is 9.01. The Morgan fingerprint density at radius 3 is 2.07 bits per heavy atom. The molecule has 2 aromatic rings. The van der Waals surface area contributed by atoms with E-state index >= 15 is 0 Å². The van der Waals surface area contributed by atoms with Gasteiger partial charge in [-0.3, -0.25) is 9.69 Å². The lowest BCUT2D eigenvalue weighted by Crippen LogP contribution is -2.48. The van der Waals surface area contributed by atoms with Crippen LogP contribution in [0.25, 0.3) is 0 Å². The molecule has 1 amide bonds. The predicted octanol–water partition coefficient (Wildman–Crippen LogP) is 2.67. The first kappa shape index (κ1) is 19.0. The second-order valence-electron chi connectivity index (χ2n) is 6.48. The molecule has 0 spiro atoms. The molecule has 144 valence electrons. The Bertz CT molecular complexity index is 768. The van der Waals surface area contributed by atoms with E-state index in [2.05, 4.69) is 17.0 Å². The third-order valence-electron chi connectivity index (χ3n) is 4.86. The van der Waals surface area contributed by atoms with Gasteiger partial charge in [-0.05, 0) is 35.9 Å². The molecule has 27 heavy (non-hydrogen) atoms. The molecule has 1 heterocycles. The smallest absolute Gasteiger partial charge is 0.257 e. The predicted molar refractivity (Wildman–Crippen MR) is 104 cm³/mol. The summed E-state index contributed by atoms with van der Waals surface area (Å²) in [7, 11) is 4.84. The van der Waals surface area contributed by atoms with Crippen LogP contribution in [0.5, 0.6) is 17.2 Å². The molecule has 0 N–H and O–H groups in total. The van der Waals surface area contributed by atoms with Gasteiger partial charge in [0.25, 0.3) is 5.91 Å². The van der Waals surface area contributed by atoms with Crippen molar-refractivity contribution in [3.63, 3.8) is 0 Å². The number of carbonyl (C=O) groups is 1. The zero-order valence-corrected chi connectivity index (χ0v) is 16.1. The van der Waals surface area contributed by atoms with E-state index in [4.69, 9.17) is 14.2 Å². The van der Waals surface area contributed by atoms with Crippen LogP contribution in [0, 0.1) is 0 Å². The van der Waals surface area contributed by atoms with Crippen molar-refractivity contribution in [1.29, 1.82) is 0 Å². The number of rotatable bonds is 6. The monoisotopic (exact) mass is 370 g/mol. The molecule has 2 aromatic carbocycles. The minimum atomic E-state index is -0.0187. The highest BCUT2D eigenvalue weighted by molar-refractivity contribution is 5.97. The number of hydrogen-bond donors (Lipinski definition) is 0. The molecule has 0 saturated carbocycles. The van der Waals surface area contributed by atoms with Crippen molar-refractivity contribution >= 4 is 5.91 Å². The molecule has 0 aliphatic carbocycles. The fourth-order valence-electron chi connectivity index (χ4n) is 3.25. The van der Waals surface area contributed by atoms with Crippen LogP contribution >= 0.6 is 0 Å². The molecule has 3 rings (SSSR count). The number of piperazine rings is 1. The lowest BCUT2D eigenvalue weighted by atomic mass is 10.1. The maximum absolute atomic E-state index is 12.9. The largest absolute Gasteiger partial charge is 0.497 e. The summed E-state index contributed by atoms with van der Waals surface area (Å²) in [6.07, 6.45) is 0. The summed E-state index contributed by atoms with van der Waals surface area (Å²) in [4.78, 5) is 17.2. The topological polar surface area (TPSA) is 51.2 Å². The highest BCUT2D eigenvalue weighted by Crippen LogP contribution is 2.26. The van der Waals surface area contributed by atoms with E-state index in [1.54, 1.807) is 39.5 Å². The summed E-state index contributed by atoms with van der Waals surface area (Å²) in [5, 5.41) is 0. The average Bonchev–Trinajstić information content (AvgIpc) is 2.73. The summed E-state index contributed by atoms with van der Waals surface area (Å²) >= 11 is 0. The molecule has 0 aromatic heterocycles. The van der Waals surface area contributed by atoms with Gasteiger partial charge in [0, 0.05) is 32.7 Å². The van der Waals surface area contributed by atoms with Crippen LogP contribution in [0.1, 0.15) is 15.9 Å². The van der Waals surface area contributed by atoms with Gasteiger partial charge in [0.1, 0.15) is 17.2 Å². The van der Waals surface area contributed by atoms with Crippen LogP contribution < -0.4 is 14.2 Å². The summed E-state index contributed by atoms with van der Waals surface area (Å²) < 4.78 is 15.8. The van der Waals surface area contributed by atoms with Gasteiger partial charge in [-0.1, -0.05) is 12.1 Å². The quantitative estimate of drug-likeness (QED) is 0.783. The summed E-state index contributed by atoms with van der Waals surface area (Å²) in [5.74, 6) is 2.06. The van der Waals surface area contributed by atoms with Crippen molar-refractivity contribution in [3.05, 3.63) is 53.6 Å². The lowest BCUT2D eigenvalue weighted by Gasteiger charge is -2.35. The van der Waals surface area contributed by atoms with E-state index in [1.807, 2.05) is 17.0 Å². The fourth-order valence-corrected chi connectivity index (χ4v) is 3.25. The van der Waals surface area contributed by atoms with E-state index in [0.29, 0.717) is 30.2 Å². The maximum Gasteiger partial charge on any atom is 0.257 e. The number of hydrogen-bond acceptors (Lipinski definition) is 5. The van der Waals surface area contributed by atoms with Crippen LogP contribution in [0.2, 0.25) is 0 Å². The van der Waals surface area contributed by atoms with E-state index < -0.39 is 0 Å². The number of benzene rings is 2. The summed E-state index contributed by atoms with van der Waals surface area (Å²) in [6.45, 7) is 3.92. The number of amides is 1. The Morgan fingerprint density at radius 2 is 1.48 bits per heavy atom. The van der Waals surface area contributed by atoms with Crippen molar-refractivity contribution in [2.24, 2.45) is 0 Å². The molecule has 1 aliphatic rings. The number of ether oxygens (including phenoxy) is 3. The first-order valence-electron chi connectivity index (χ1n) is 9.01. The molecule has 1 aliphatic heterocycles. The molecule has 0 bridgehead atoms. The Labute approximate surface area is 160 Å². The van der Waals surface area contributed by atoms with Crippen LogP contribution in [0.3, 0.4) is 0 Å². The fraction of sp³-hybridized carbons (Fsp3) is 0.381. The number of carbonyl (C=O) groups excluding carboxylic acids is 1. The summed E-state index contributed by atoms with van der Waals surface area (Å²) in [6, 6.07) is 13.4. The molecule has 1 fully saturated rings. The zero-order valence-electron chi connectivity index (χ0n) is 16.1. The minimum Gasteiger partial charge on any atom is -0.497 e. The van der Waals surface area contributed by atoms with E-state index in [-0.39, 0.29) is 5.91 Å². The van der Waals surface area contributed by atoms with Gasteiger partial charge in [0.05, 0.1) is 26.9 Å². The summed E-state index contributed by atoms with van der Waals surface area (Å²) in [5.41, 5.74) is 1.78. The normalized spacial score (nSPS) is 14.7. The van der Waals surface area contributed by atoms with Crippen molar-refractivity contribution < 1.29 is 19.0 Å². The van der Waals surface area contributed by atoms with Gasteiger partial charge in [0.15, 0.2) is 0 Å².